The highest BCUT2D eigenvalue weighted by Gasteiger charge is 2.07. The summed E-state index contributed by atoms with van der Waals surface area (Å²) in [6, 6.07) is 22.8. The fraction of sp³-hybridized carbons (Fsp3) is 0. The van der Waals surface area contributed by atoms with Crippen LogP contribution in [-0.4, -0.2) is 4.57 Å². The van der Waals surface area contributed by atoms with E-state index in [0.29, 0.717) is 5.69 Å². The number of anilines is 1. The van der Waals surface area contributed by atoms with Crippen LogP contribution < -0.4 is 5.32 Å². The van der Waals surface area contributed by atoms with Crippen LogP contribution in [-0.2, 0) is 0 Å². The Bertz CT molecular complexity index is 1030. The smallest absolute Gasteiger partial charge is 0.163 e. The lowest BCUT2D eigenvalue weighted by Gasteiger charge is -2.08. The lowest BCUT2D eigenvalue weighted by molar-refractivity contribution is 1.13. The molecule has 0 aliphatic heterocycles. The summed E-state index contributed by atoms with van der Waals surface area (Å²) in [5, 5.41) is 30.7. The van der Waals surface area contributed by atoms with E-state index in [4.69, 9.17) is 15.8 Å². The van der Waals surface area contributed by atoms with Crippen LogP contribution in [0.4, 0.5) is 5.69 Å². The monoisotopic (exact) mass is 309 g/mol. The summed E-state index contributed by atoms with van der Waals surface area (Å²) in [5.41, 5.74) is 2.42. The van der Waals surface area contributed by atoms with E-state index in [0.717, 1.165) is 16.6 Å². The van der Waals surface area contributed by atoms with Crippen molar-refractivity contribution >= 4 is 16.6 Å². The molecule has 112 valence electrons. The van der Waals surface area contributed by atoms with E-state index in [1.54, 1.807) is 24.3 Å². The number of benzene rings is 2. The predicted octanol–water partition coefficient (Wildman–Crippen LogP) is 3.87. The van der Waals surface area contributed by atoms with Gasteiger partial charge in [0.05, 0.1) is 5.52 Å². The second kappa shape index (κ2) is 6.40. The molecule has 0 fully saturated rings. The van der Waals surface area contributed by atoms with E-state index in [1.165, 1.54) is 0 Å². The van der Waals surface area contributed by atoms with Gasteiger partial charge in [-0.05, 0) is 41.8 Å². The van der Waals surface area contributed by atoms with Crippen LogP contribution in [0.15, 0.2) is 72.1 Å². The topological polar surface area (TPSA) is 88.3 Å². The van der Waals surface area contributed by atoms with Gasteiger partial charge in [-0.1, -0.05) is 18.2 Å². The normalized spacial score (nSPS) is 9.54. The van der Waals surface area contributed by atoms with Gasteiger partial charge in [0.2, 0.25) is 0 Å². The first-order valence-electron chi connectivity index (χ1n) is 7.15. The number of fused-ring (bicyclic) bond motifs is 1. The highest BCUT2D eigenvalue weighted by atomic mass is 15.0. The number of hydrogen-bond acceptors (Lipinski definition) is 4. The van der Waals surface area contributed by atoms with Crippen LogP contribution in [0.5, 0.6) is 0 Å². The lowest BCUT2D eigenvalue weighted by Crippen LogP contribution is -2.01. The van der Waals surface area contributed by atoms with E-state index in [9.17, 15) is 0 Å². The number of aromatic nitrogens is 1. The van der Waals surface area contributed by atoms with E-state index >= 15 is 0 Å². The first-order chi connectivity index (χ1) is 11.8. The zero-order valence-corrected chi connectivity index (χ0v) is 12.6. The molecule has 1 heterocycles. The molecule has 24 heavy (non-hydrogen) atoms. The lowest BCUT2D eigenvalue weighted by atomic mass is 10.2. The maximum Gasteiger partial charge on any atom is 0.163 e. The minimum absolute atomic E-state index is 0.0563. The number of nitriles is 3. The predicted molar refractivity (Wildman–Crippen MR) is 90.8 cm³/mol. The van der Waals surface area contributed by atoms with Crippen molar-refractivity contribution < 1.29 is 0 Å². The molecule has 3 rings (SSSR count). The second-order valence-corrected chi connectivity index (χ2v) is 5.00. The van der Waals surface area contributed by atoms with Crippen molar-refractivity contribution in [3.8, 4) is 23.9 Å². The molecule has 3 aromatic rings. The Labute approximate surface area is 138 Å². The highest BCUT2D eigenvalue weighted by molar-refractivity contribution is 5.82. The van der Waals surface area contributed by atoms with Gasteiger partial charge in [-0.3, -0.25) is 0 Å². The highest BCUT2D eigenvalue weighted by Crippen LogP contribution is 2.22. The average molecular weight is 309 g/mol. The number of hydrogen-bond donors (Lipinski definition) is 1. The molecular weight excluding hydrogens is 298 g/mol. The van der Waals surface area contributed by atoms with Crippen molar-refractivity contribution in [2.45, 2.75) is 0 Å². The van der Waals surface area contributed by atoms with Gasteiger partial charge >= 0.3 is 0 Å². The molecule has 5 heteroatoms. The fourth-order valence-electron chi connectivity index (χ4n) is 2.44. The van der Waals surface area contributed by atoms with E-state index in [1.807, 2.05) is 48.7 Å². The molecule has 0 saturated carbocycles. The minimum atomic E-state index is -0.238. The molecule has 0 unspecified atom stereocenters. The molecule has 2 aromatic carbocycles. The van der Waals surface area contributed by atoms with E-state index in [-0.39, 0.29) is 11.3 Å². The Balaban J connectivity index is 1.92. The summed E-state index contributed by atoms with van der Waals surface area (Å²) in [6.45, 7) is 0. The molecule has 0 saturated heterocycles. The number of nitrogens with one attached hydrogen (secondary N) is 1. The van der Waals surface area contributed by atoms with Gasteiger partial charge < -0.3 is 9.88 Å². The van der Waals surface area contributed by atoms with E-state index < -0.39 is 0 Å². The number of nitrogens with zero attached hydrogens (tertiary/aromatic N) is 4. The molecule has 5 nitrogen and oxygen atoms in total. The third-order valence-electron chi connectivity index (χ3n) is 3.60. The van der Waals surface area contributed by atoms with Crippen LogP contribution in [0.1, 0.15) is 0 Å². The molecule has 0 aliphatic carbocycles. The number of rotatable bonds is 3. The summed E-state index contributed by atoms with van der Waals surface area (Å²) in [6.07, 6.45) is 2.00. The van der Waals surface area contributed by atoms with E-state index in [2.05, 4.69) is 16.0 Å². The fourth-order valence-corrected chi connectivity index (χ4v) is 2.44. The van der Waals surface area contributed by atoms with Crippen molar-refractivity contribution in [3.05, 3.63) is 72.1 Å². The average Bonchev–Trinajstić information content (AvgIpc) is 3.06. The number of para-hydroxylation sites is 1. The summed E-state index contributed by atoms with van der Waals surface area (Å²) in [4.78, 5) is 0. The van der Waals surface area contributed by atoms with Gasteiger partial charge in [-0.25, -0.2) is 0 Å². The largest absolute Gasteiger partial charge is 0.345 e. The summed E-state index contributed by atoms with van der Waals surface area (Å²) in [7, 11) is 0. The summed E-state index contributed by atoms with van der Waals surface area (Å²) < 4.78 is 2.07. The van der Waals surface area contributed by atoms with Crippen LogP contribution in [0.2, 0.25) is 0 Å². The van der Waals surface area contributed by atoms with Gasteiger partial charge in [-0.2, -0.15) is 15.8 Å². The Morgan fingerprint density at radius 3 is 2.21 bits per heavy atom. The van der Waals surface area contributed by atoms with Crippen LogP contribution in [0.25, 0.3) is 16.6 Å². The maximum absolute atomic E-state index is 9.07. The first-order valence-corrected chi connectivity index (χ1v) is 7.15. The maximum atomic E-state index is 9.07. The van der Waals surface area contributed by atoms with Crippen LogP contribution >= 0.6 is 0 Å². The van der Waals surface area contributed by atoms with Crippen LogP contribution in [0.3, 0.4) is 0 Å². The van der Waals surface area contributed by atoms with Crippen molar-refractivity contribution in [1.29, 1.82) is 15.8 Å². The molecule has 0 spiro atoms. The molecule has 0 atom stereocenters. The molecule has 0 aliphatic rings. The third kappa shape index (κ3) is 2.68. The molecule has 0 amide bonds. The van der Waals surface area contributed by atoms with Gasteiger partial charge in [0.25, 0.3) is 0 Å². The third-order valence-corrected chi connectivity index (χ3v) is 3.60. The van der Waals surface area contributed by atoms with Crippen molar-refractivity contribution in [1.82, 2.24) is 4.57 Å². The Morgan fingerprint density at radius 2 is 1.54 bits per heavy atom. The van der Waals surface area contributed by atoms with Crippen molar-refractivity contribution in [3.63, 3.8) is 0 Å². The SMILES string of the molecule is N#CC(C#N)=C(C#N)Nc1ccc(-n2ccc3ccccc32)cc1. The van der Waals surface area contributed by atoms with Gasteiger partial charge in [0.15, 0.2) is 5.57 Å². The molecule has 1 N–H and O–H groups in total. The Kier molecular flexibility index (Phi) is 3.98. The zero-order valence-electron chi connectivity index (χ0n) is 12.6. The van der Waals surface area contributed by atoms with Crippen molar-refractivity contribution in [2.24, 2.45) is 0 Å². The summed E-state index contributed by atoms with van der Waals surface area (Å²) >= 11 is 0. The quantitative estimate of drug-likeness (QED) is 0.744. The Hall–Kier alpha value is -4.01. The second-order valence-electron chi connectivity index (χ2n) is 5.00. The molecule has 1 aromatic heterocycles. The molecular formula is C19H11N5. The molecule has 0 radical (unpaired) electrons. The minimum Gasteiger partial charge on any atom is -0.345 e. The standard InChI is InChI=1S/C19H11N5/c20-11-15(12-21)18(13-22)23-16-5-7-17(8-6-16)24-10-9-14-3-1-2-4-19(14)24/h1-10,23H. The zero-order chi connectivity index (χ0) is 16.9. The molecule has 0 bridgehead atoms. The first kappa shape index (κ1) is 14.9. The van der Waals surface area contributed by atoms with Gasteiger partial charge in [-0.15, -0.1) is 0 Å². The Morgan fingerprint density at radius 1 is 0.833 bits per heavy atom. The van der Waals surface area contributed by atoms with Gasteiger partial charge in [0.1, 0.15) is 23.9 Å². The van der Waals surface area contributed by atoms with Gasteiger partial charge in [0, 0.05) is 17.6 Å². The van der Waals surface area contributed by atoms with Crippen molar-refractivity contribution in [2.75, 3.05) is 5.32 Å². The number of allylic oxidation sites excluding steroid dienone is 2. The summed E-state index contributed by atoms with van der Waals surface area (Å²) in [5.74, 6) is 0. The van der Waals surface area contributed by atoms with Crippen LogP contribution in [0, 0.1) is 34.0 Å².